The Bertz CT molecular complexity index is 243. The molecular weight excluding hydrogens is 160 g/mol. The highest BCUT2D eigenvalue weighted by molar-refractivity contribution is 5.97. The van der Waals surface area contributed by atoms with Crippen LogP contribution in [0, 0.1) is 0 Å². The van der Waals surface area contributed by atoms with E-state index >= 15 is 0 Å². The first-order valence-corrected chi connectivity index (χ1v) is 3.75. The van der Waals surface area contributed by atoms with Crippen molar-refractivity contribution >= 4 is 11.6 Å². The summed E-state index contributed by atoms with van der Waals surface area (Å²) in [5.74, 6) is -2.48. The monoisotopic (exact) mass is 172 g/mol. The summed E-state index contributed by atoms with van der Waals surface area (Å²) < 4.78 is 4.97. The van der Waals surface area contributed by atoms with E-state index in [1.807, 2.05) is 0 Å². The molecule has 0 aromatic carbocycles. The highest BCUT2D eigenvalue weighted by Gasteiger charge is 2.52. The van der Waals surface area contributed by atoms with Crippen LogP contribution in [-0.4, -0.2) is 28.1 Å². The number of ether oxygens (including phenoxy) is 1. The van der Waals surface area contributed by atoms with Crippen LogP contribution in [0.2, 0.25) is 0 Å². The van der Waals surface area contributed by atoms with Gasteiger partial charge in [0.25, 0.3) is 0 Å². The molecule has 4 nitrogen and oxygen atoms in total. The molecule has 2 atom stereocenters. The molecule has 0 unspecified atom stereocenters. The number of Topliss-reactive ketones (excluding diaryl/α,β-unsaturated/α-hetero) is 2. The Morgan fingerprint density at radius 2 is 2.08 bits per heavy atom. The van der Waals surface area contributed by atoms with Crippen molar-refractivity contribution in [1.82, 2.24) is 0 Å². The molecule has 0 aliphatic carbocycles. The van der Waals surface area contributed by atoms with Crippen molar-refractivity contribution in [3.8, 4) is 0 Å². The zero-order valence-corrected chi connectivity index (χ0v) is 7.38. The molecule has 1 rings (SSSR count). The largest absolute Gasteiger partial charge is 0.360 e. The van der Waals surface area contributed by atoms with Crippen molar-refractivity contribution in [2.75, 3.05) is 0 Å². The first-order chi connectivity index (χ1) is 5.28. The molecule has 0 bridgehead atoms. The van der Waals surface area contributed by atoms with E-state index in [-0.39, 0.29) is 12.2 Å². The number of carbonyl (C=O) groups is 2. The van der Waals surface area contributed by atoms with E-state index in [2.05, 4.69) is 0 Å². The van der Waals surface area contributed by atoms with Crippen molar-refractivity contribution in [1.29, 1.82) is 0 Å². The number of ketones is 2. The summed E-state index contributed by atoms with van der Waals surface area (Å²) in [5.41, 5.74) is -1.14. The Labute approximate surface area is 70.5 Å². The molecule has 1 fully saturated rings. The molecule has 0 spiro atoms. The lowest BCUT2D eigenvalue weighted by molar-refractivity contribution is -0.205. The van der Waals surface area contributed by atoms with Gasteiger partial charge in [-0.2, -0.15) is 0 Å². The highest BCUT2D eigenvalue weighted by atomic mass is 16.7. The van der Waals surface area contributed by atoms with E-state index in [1.54, 1.807) is 0 Å². The highest BCUT2D eigenvalue weighted by Crippen LogP contribution is 2.33. The average Bonchev–Trinajstić information content (AvgIpc) is 2.03. The fraction of sp³-hybridized carbons (Fsp3) is 0.750. The molecule has 1 aliphatic rings. The number of carbonyl (C=O) groups excluding carboxylic acids is 2. The van der Waals surface area contributed by atoms with E-state index in [9.17, 15) is 14.7 Å². The molecule has 1 N–H and O–H groups in total. The minimum absolute atomic E-state index is 0.0463. The molecule has 68 valence electrons. The van der Waals surface area contributed by atoms with E-state index in [4.69, 9.17) is 4.74 Å². The van der Waals surface area contributed by atoms with Crippen LogP contribution in [0.1, 0.15) is 27.2 Å². The first kappa shape index (κ1) is 9.35. The summed E-state index contributed by atoms with van der Waals surface area (Å²) in [7, 11) is 0. The lowest BCUT2D eigenvalue weighted by Crippen LogP contribution is -2.37. The van der Waals surface area contributed by atoms with Gasteiger partial charge in [-0.15, -0.1) is 0 Å². The predicted octanol–water partition coefficient (Wildman–Crippen LogP) is 0.0320. The number of hydrogen-bond acceptors (Lipinski definition) is 4. The summed E-state index contributed by atoms with van der Waals surface area (Å²) in [6.45, 7) is 4.10. The third-order valence-corrected chi connectivity index (χ3v) is 2.18. The number of hydrogen-bond donors (Lipinski definition) is 1. The van der Waals surface area contributed by atoms with Crippen LogP contribution >= 0.6 is 0 Å². The number of aliphatic hydroxyl groups is 1. The van der Waals surface area contributed by atoms with Crippen LogP contribution in [-0.2, 0) is 14.3 Å². The minimum Gasteiger partial charge on any atom is -0.360 e. The topological polar surface area (TPSA) is 63.6 Å². The zero-order chi connectivity index (χ0) is 9.57. The van der Waals surface area contributed by atoms with Crippen LogP contribution < -0.4 is 0 Å². The van der Waals surface area contributed by atoms with Gasteiger partial charge in [0.2, 0.25) is 5.79 Å². The van der Waals surface area contributed by atoms with Gasteiger partial charge in [0.05, 0.1) is 0 Å². The van der Waals surface area contributed by atoms with Gasteiger partial charge >= 0.3 is 0 Å². The van der Waals surface area contributed by atoms with E-state index in [0.717, 1.165) is 0 Å². The van der Waals surface area contributed by atoms with Crippen molar-refractivity contribution in [2.45, 2.75) is 38.6 Å². The van der Waals surface area contributed by atoms with Crippen molar-refractivity contribution < 1.29 is 19.4 Å². The maximum atomic E-state index is 11.1. The molecule has 0 aromatic heterocycles. The molecule has 4 heteroatoms. The van der Waals surface area contributed by atoms with Crippen molar-refractivity contribution in [2.24, 2.45) is 0 Å². The second kappa shape index (κ2) is 2.37. The van der Waals surface area contributed by atoms with Gasteiger partial charge in [-0.3, -0.25) is 9.59 Å². The first-order valence-electron chi connectivity index (χ1n) is 3.75. The molecule has 0 saturated carbocycles. The van der Waals surface area contributed by atoms with Gasteiger partial charge in [0.15, 0.2) is 11.6 Å². The lowest BCUT2D eigenvalue weighted by atomic mass is 9.97. The van der Waals surface area contributed by atoms with Gasteiger partial charge in [-0.05, 0) is 20.8 Å². The summed E-state index contributed by atoms with van der Waals surface area (Å²) in [6, 6.07) is 0. The number of rotatable bonds is 1. The SMILES string of the molecule is CC(=O)[C@]1(C)CC(=O)[C@@](C)(O)O1. The van der Waals surface area contributed by atoms with Crippen LogP contribution in [0.15, 0.2) is 0 Å². The lowest BCUT2D eigenvalue weighted by Gasteiger charge is -2.22. The molecule has 1 heterocycles. The van der Waals surface area contributed by atoms with Gasteiger partial charge < -0.3 is 9.84 Å². The molecule has 1 saturated heterocycles. The minimum atomic E-state index is -1.79. The third-order valence-electron chi connectivity index (χ3n) is 2.18. The van der Waals surface area contributed by atoms with Crippen molar-refractivity contribution in [3.05, 3.63) is 0 Å². The summed E-state index contributed by atoms with van der Waals surface area (Å²) >= 11 is 0. The fourth-order valence-electron chi connectivity index (χ4n) is 1.20. The second-order valence-corrected chi connectivity index (χ2v) is 3.47. The Morgan fingerprint density at radius 3 is 2.25 bits per heavy atom. The molecule has 0 aromatic rings. The normalized spacial score (nSPS) is 41.8. The zero-order valence-electron chi connectivity index (χ0n) is 7.38. The Kier molecular flexibility index (Phi) is 1.85. The molecule has 0 radical (unpaired) electrons. The van der Waals surface area contributed by atoms with Crippen LogP contribution in [0.5, 0.6) is 0 Å². The molecule has 12 heavy (non-hydrogen) atoms. The summed E-state index contributed by atoms with van der Waals surface area (Å²) in [5, 5.41) is 9.32. The van der Waals surface area contributed by atoms with E-state index < -0.39 is 17.2 Å². The fourth-order valence-corrected chi connectivity index (χ4v) is 1.20. The Balaban J connectivity index is 2.92. The van der Waals surface area contributed by atoms with Gasteiger partial charge in [-0.1, -0.05) is 0 Å². The summed E-state index contributed by atoms with van der Waals surface area (Å²) in [4.78, 5) is 22.1. The molecular formula is C8H12O4. The van der Waals surface area contributed by atoms with Crippen molar-refractivity contribution in [3.63, 3.8) is 0 Å². The maximum Gasteiger partial charge on any atom is 0.224 e. The predicted molar refractivity (Wildman–Crippen MR) is 40.4 cm³/mol. The van der Waals surface area contributed by atoms with Gasteiger partial charge in [-0.25, -0.2) is 0 Å². The summed E-state index contributed by atoms with van der Waals surface area (Å²) in [6.07, 6.45) is -0.0463. The Morgan fingerprint density at radius 1 is 1.58 bits per heavy atom. The van der Waals surface area contributed by atoms with Crippen LogP contribution in [0.3, 0.4) is 0 Å². The second-order valence-electron chi connectivity index (χ2n) is 3.47. The average molecular weight is 172 g/mol. The Hall–Kier alpha value is -0.740. The molecule has 0 amide bonds. The quantitative estimate of drug-likeness (QED) is 0.606. The van der Waals surface area contributed by atoms with Gasteiger partial charge in [0.1, 0.15) is 5.60 Å². The van der Waals surface area contributed by atoms with Crippen LogP contribution in [0.4, 0.5) is 0 Å². The maximum absolute atomic E-state index is 11.1. The van der Waals surface area contributed by atoms with Crippen LogP contribution in [0.25, 0.3) is 0 Å². The van der Waals surface area contributed by atoms with E-state index in [0.29, 0.717) is 0 Å². The smallest absolute Gasteiger partial charge is 0.224 e. The third kappa shape index (κ3) is 1.28. The van der Waals surface area contributed by atoms with Gasteiger partial charge in [0, 0.05) is 6.42 Å². The molecule has 1 aliphatic heterocycles. The van der Waals surface area contributed by atoms with E-state index in [1.165, 1.54) is 20.8 Å². The standard InChI is InChI=1S/C8H12O4/c1-5(9)7(2)4-6(10)8(3,11)12-7/h11H,4H2,1-3H3/t7-,8-/m0/s1.